The summed E-state index contributed by atoms with van der Waals surface area (Å²) >= 11 is 0. The summed E-state index contributed by atoms with van der Waals surface area (Å²) in [5, 5.41) is 2.53. The van der Waals surface area contributed by atoms with Crippen molar-refractivity contribution in [3.8, 4) is 39.1 Å². The van der Waals surface area contributed by atoms with Crippen LogP contribution in [-0.2, 0) is 0 Å². The molecule has 180 valence electrons. The molecule has 0 aliphatic carbocycles. The highest BCUT2D eigenvalue weighted by atomic mass is 15.0. The van der Waals surface area contributed by atoms with Gasteiger partial charge in [-0.15, -0.1) is 0 Å². The summed E-state index contributed by atoms with van der Waals surface area (Å²) in [7, 11) is 0. The lowest BCUT2D eigenvalue weighted by Gasteiger charge is -2.12. The maximum absolute atomic E-state index is 2.40. The normalized spacial score (nSPS) is 11.3. The fraction of sp³-hybridized carbons (Fsp3) is 0.0270. The molecule has 0 radical (unpaired) electrons. The second kappa shape index (κ2) is 9.21. The van der Waals surface area contributed by atoms with Gasteiger partial charge in [-0.1, -0.05) is 121 Å². The summed E-state index contributed by atoms with van der Waals surface area (Å²) in [6.07, 6.45) is 0. The third-order valence-electron chi connectivity index (χ3n) is 7.49. The number of aromatic nitrogens is 1. The van der Waals surface area contributed by atoms with Crippen LogP contribution in [0.3, 0.4) is 0 Å². The van der Waals surface area contributed by atoms with Crippen molar-refractivity contribution in [2.75, 3.05) is 0 Å². The zero-order valence-corrected chi connectivity index (χ0v) is 21.3. The van der Waals surface area contributed by atoms with Gasteiger partial charge in [0.1, 0.15) is 0 Å². The molecular formula is C37H27N. The summed E-state index contributed by atoms with van der Waals surface area (Å²) in [5.41, 5.74) is 12.3. The first-order chi connectivity index (χ1) is 18.8. The Morgan fingerprint density at radius 1 is 0.395 bits per heavy atom. The molecule has 0 bridgehead atoms. The molecule has 6 aromatic carbocycles. The van der Waals surface area contributed by atoms with Gasteiger partial charge in [0.2, 0.25) is 0 Å². The Morgan fingerprint density at radius 3 is 1.74 bits per heavy atom. The molecule has 1 aromatic heterocycles. The molecule has 0 unspecified atom stereocenters. The van der Waals surface area contributed by atoms with Gasteiger partial charge in [-0.2, -0.15) is 0 Å². The molecule has 7 aromatic rings. The molecule has 0 fully saturated rings. The minimum absolute atomic E-state index is 1.17. The molecule has 1 heteroatoms. The van der Waals surface area contributed by atoms with E-state index in [1.54, 1.807) is 0 Å². The maximum atomic E-state index is 2.40. The average molecular weight is 486 g/mol. The average Bonchev–Trinajstić information content (AvgIpc) is 3.31. The van der Waals surface area contributed by atoms with Crippen molar-refractivity contribution in [1.29, 1.82) is 0 Å². The molecule has 0 atom stereocenters. The first-order valence-electron chi connectivity index (χ1n) is 13.1. The summed E-state index contributed by atoms with van der Waals surface area (Å²) in [6.45, 7) is 2.13. The van der Waals surface area contributed by atoms with Gasteiger partial charge < -0.3 is 4.57 Å². The number of hydrogen-bond donors (Lipinski definition) is 0. The molecule has 0 saturated heterocycles. The molecule has 0 spiro atoms. The summed E-state index contributed by atoms with van der Waals surface area (Å²) in [5.74, 6) is 0. The van der Waals surface area contributed by atoms with Gasteiger partial charge in [-0.3, -0.25) is 0 Å². The van der Waals surface area contributed by atoms with Gasteiger partial charge in [0, 0.05) is 16.5 Å². The summed E-state index contributed by atoms with van der Waals surface area (Å²) < 4.78 is 2.40. The molecule has 0 amide bonds. The van der Waals surface area contributed by atoms with Gasteiger partial charge >= 0.3 is 0 Å². The van der Waals surface area contributed by atoms with Crippen LogP contribution >= 0.6 is 0 Å². The van der Waals surface area contributed by atoms with Gasteiger partial charge in [0.15, 0.2) is 0 Å². The second-order valence-corrected chi connectivity index (χ2v) is 9.91. The highest BCUT2D eigenvalue weighted by Gasteiger charge is 2.15. The van der Waals surface area contributed by atoms with E-state index in [2.05, 4.69) is 157 Å². The van der Waals surface area contributed by atoms with Crippen LogP contribution in [0.2, 0.25) is 0 Å². The van der Waals surface area contributed by atoms with Crippen LogP contribution in [0.15, 0.2) is 146 Å². The minimum Gasteiger partial charge on any atom is -0.309 e. The van der Waals surface area contributed by atoms with Gasteiger partial charge in [0.05, 0.1) is 11.0 Å². The molecule has 1 heterocycles. The number of benzene rings is 6. The van der Waals surface area contributed by atoms with Crippen molar-refractivity contribution < 1.29 is 0 Å². The number of nitrogens with zero attached hydrogens (tertiary/aromatic N) is 1. The fourth-order valence-corrected chi connectivity index (χ4v) is 5.57. The van der Waals surface area contributed by atoms with E-state index in [1.807, 2.05) is 0 Å². The van der Waals surface area contributed by atoms with E-state index >= 15 is 0 Å². The van der Waals surface area contributed by atoms with Crippen LogP contribution in [0.1, 0.15) is 5.56 Å². The largest absolute Gasteiger partial charge is 0.309 e. The van der Waals surface area contributed by atoms with Gasteiger partial charge in [0.25, 0.3) is 0 Å². The first kappa shape index (κ1) is 22.3. The molecule has 7 rings (SSSR count). The Bertz CT molecular complexity index is 1890. The smallest absolute Gasteiger partial charge is 0.0547 e. The standard InChI is InChI=1S/C37H27N/c1-26-16-18-28(19-17-26)32-14-8-9-15-33(32)30-20-22-34-35-24-29(27-10-4-2-5-11-27)21-23-36(35)38(37(34)25-30)31-12-6-3-7-13-31/h2-25H,1H3. The number of rotatable bonds is 4. The Hall–Kier alpha value is -4.88. The van der Waals surface area contributed by atoms with E-state index in [1.165, 1.54) is 66.4 Å². The van der Waals surface area contributed by atoms with Crippen molar-refractivity contribution in [3.05, 3.63) is 151 Å². The van der Waals surface area contributed by atoms with E-state index in [0.717, 1.165) is 0 Å². The number of aryl methyl sites for hydroxylation is 1. The topological polar surface area (TPSA) is 4.93 Å². The lowest BCUT2D eigenvalue weighted by Crippen LogP contribution is -1.93. The first-order valence-corrected chi connectivity index (χ1v) is 13.1. The molecule has 0 saturated carbocycles. The highest BCUT2D eigenvalue weighted by molar-refractivity contribution is 6.11. The lowest BCUT2D eigenvalue weighted by molar-refractivity contribution is 1.18. The third-order valence-corrected chi connectivity index (χ3v) is 7.49. The predicted molar refractivity (Wildman–Crippen MR) is 162 cm³/mol. The van der Waals surface area contributed by atoms with Crippen LogP contribution in [-0.4, -0.2) is 4.57 Å². The van der Waals surface area contributed by atoms with Crippen molar-refractivity contribution in [2.24, 2.45) is 0 Å². The van der Waals surface area contributed by atoms with Crippen molar-refractivity contribution in [3.63, 3.8) is 0 Å². The van der Waals surface area contributed by atoms with E-state index < -0.39 is 0 Å². The highest BCUT2D eigenvalue weighted by Crippen LogP contribution is 2.39. The second-order valence-electron chi connectivity index (χ2n) is 9.91. The van der Waals surface area contributed by atoms with Crippen LogP contribution in [0.25, 0.3) is 60.9 Å². The Kier molecular flexibility index (Phi) is 5.41. The zero-order valence-electron chi connectivity index (χ0n) is 21.3. The summed E-state index contributed by atoms with van der Waals surface area (Å²) in [4.78, 5) is 0. The van der Waals surface area contributed by atoms with Crippen LogP contribution in [0.5, 0.6) is 0 Å². The monoisotopic (exact) mass is 485 g/mol. The molecule has 38 heavy (non-hydrogen) atoms. The molecule has 0 aliphatic rings. The van der Waals surface area contributed by atoms with E-state index in [-0.39, 0.29) is 0 Å². The van der Waals surface area contributed by atoms with E-state index in [0.29, 0.717) is 0 Å². The lowest BCUT2D eigenvalue weighted by atomic mass is 9.93. The molecule has 1 nitrogen and oxygen atoms in total. The Balaban J connectivity index is 1.48. The quantitative estimate of drug-likeness (QED) is 0.234. The third kappa shape index (κ3) is 3.81. The zero-order chi connectivity index (χ0) is 25.5. The maximum Gasteiger partial charge on any atom is 0.0547 e. The van der Waals surface area contributed by atoms with Gasteiger partial charge in [-0.25, -0.2) is 0 Å². The Labute approximate surface area is 223 Å². The summed E-state index contributed by atoms with van der Waals surface area (Å²) in [6, 6.07) is 52.6. The number of para-hydroxylation sites is 1. The Morgan fingerprint density at radius 2 is 1.00 bits per heavy atom. The van der Waals surface area contributed by atoms with Crippen molar-refractivity contribution in [2.45, 2.75) is 6.92 Å². The molecular weight excluding hydrogens is 458 g/mol. The SMILES string of the molecule is Cc1ccc(-c2ccccc2-c2ccc3c4cc(-c5ccccc5)ccc4n(-c4ccccc4)c3c2)cc1. The van der Waals surface area contributed by atoms with Gasteiger partial charge in [-0.05, 0) is 70.6 Å². The predicted octanol–water partition coefficient (Wildman–Crippen LogP) is 10.1. The molecule has 0 N–H and O–H groups in total. The van der Waals surface area contributed by atoms with E-state index in [4.69, 9.17) is 0 Å². The minimum atomic E-state index is 1.17. The number of hydrogen-bond acceptors (Lipinski definition) is 0. The van der Waals surface area contributed by atoms with E-state index in [9.17, 15) is 0 Å². The van der Waals surface area contributed by atoms with Crippen LogP contribution in [0, 0.1) is 6.92 Å². The van der Waals surface area contributed by atoms with Crippen molar-refractivity contribution >= 4 is 21.8 Å². The number of fused-ring (bicyclic) bond motifs is 3. The fourth-order valence-electron chi connectivity index (χ4n) is 5.57. The van der Waals surface area contributed by atoms with Crippen molar-refractivity contribution in [1.82, 2.24) is 4.57 Å². The van der Waals surface area contributed by atoms with Crippen LogP contribution in [0.4, 0.5) is 0 Å². The van der Waals surface area contributed by atoms with Crippen LogP contribution < -0.4 is 0 Å². The molecule has 0 aliphatic heterocycles.